The van der Waals surface area contributed by atoms with Crippen molar-refractivity contribution in [3.63, 3.8) is 0 Å². The highest BCUT2D eigenvalue weighted by atomic mass is 16.3. The third-order valence-electron chi connectivity index (χ3n) is 2.98. The van der Waals surface area contributed by atoms with Crippen LogP contribution in [0.25, 0.3) is 0 Å². The topological polar surface area (TPSA) is 32.3 Å². The predicted molar refractivity (Wildman–Crippen MR) is 57.4 cm³/mol. The minimum absolute atomic E-state index is 0.148. The van der Waals surface area contributed by atoms with Gasteiger partial charge in [0, 0.05) is 0 Å². The molecule has 0 bridgehead atoms. The van der Waals surface area contributed by atoms with E-state index in [1.54, 1.807) is 0 Å². The van der Waals surface area contributed by atoms with Gasteiger partial charge in [-0.25, -0.2) is 0 Å². The molecule has 0 radical (unpaired) electrons. The molecule has 0 amide bonds. The summed E-state index contributed by atoms with van der Waals surface area (Å²) in [6.07, 6.45) is 2.13. The molecule has 2 heteroatoms. The molecule has 1 heterocycles. The monoisotopic (exact) mass is 191 g/mol. The Balaban J connectivity index is 2.46. The van der Waals surface area contributed by atoms with Gasteiger partial charge in [0.05, 0.1) is 12.6 Å². The van der Waals surface area contributed by atoms with Crippen molar-refractivity contribution in [3.05, 3.63) is 34.9 Å². The van der Waals surface area contributed by atoms with Crippen LogP contribution in [-0.4, -0.2) is 18.3 Å². The molecule has 1 atom stereocenters. The normalized spacial score (nSPS) is 20.6. The Morgan fingerprint density at radius 2 is 2.36 bits per heavy atom. The first kappa shape index (κ1) is 9.69. The van der Waals surface area contributed by atoms with E-state index < -0.39 is 0 Å². The van der Waals surface area contributed by atoms with E-state index in [9.17, 15) is 5.11 Å². The molecule has 1 aromatic carbocycles. The van der Waals surface area contributed by atoms with Crippen molar-refractivity contribution in [1.29, 1.82) is 0 Å². The highest BCUT2D eigenvalue weighted by Crippen LogP contribution is 2.26. The van der Waals surface area contributed by atoms with Gasteiger partial charge in [0.1, 0.15) is 0 Å². The van der Waals surface area contributed by atoms with Gasteiger partial charge in [-0.05, 0) is 36.1 Å². The van der Waals surface area contributed by atoms with Crippen LogP contribution in [0, 0.1) is 0 Å². The lowest BCUT2D eigenvalue weighted by Gasteiger charge is -2.27. The van der Waals surface area contributed by atoms with Crippen LogP contribution in [0.4, 0.5) is 0 Å². The third-order valence-corrected chi connectivity index (χ3v) is 2.98. The molecule has 76 valence electrons. The van der Waals surface area contributed by atoms with Crippen LogP contribution in [0.1, 0.15) is 29.7 Å². The summed E-state index contributed by atoms with van der Waals surface area (Å²) < 4.78 is 0. The molecule has 2 rings (SSSR count). The largest absolute Gasteiger partial charge is 0.394 e. The Labute approximate surface area is 85.0 Å². The summed E-state index contributed by atoms with van der Waals surface area (Å²) in [5, 5.41) is 12.6. The van der Waals surface area contributed by atoms with Gasteiger partial charge in [-0.3, -0.25) is 0 Å². The van der Waals surface area contributed by atoms with E-state index in [0.29, 0.717) is 0 Å². The van der Waals surface area contributed by atoms with E-state index in [2.05, 4.69) is 30.4 Å². The van der Waals surface area contributed by atoms with Crippen molar-refractivity contribution in [2.75, 3.05) is 13.2 Å². The van der Waals surface area contributed by atoms with Crippen molar-refractivity contribution < 1.29 is 5.11 Å². The van der Waals surface area contributed by atoms with E-state index in [1.165, 1.54) is 16.7 Å². The maximum Gasteiger partial charge on any atom is 0.0626 e. The van der Waals surface area contributed by atoms with Gasteiger partial charge in [-0.2, -0.15) is 0 Å². The minimum Gasteiger partial charge on any atom is -0.394 e. The number of rotatable bonds is 2. The zero-order valence-electron chi connectivity index (χ0n) is 8.59. The zero-order valence-corrected chi connectivity index (χ0v) is 8.59. The summed E-state index contributed by atoms with van der Waals surface area (Å²) in [6.45, 7) is 3.34. The lowest BCUT2D eigenvalue weighted by molar-refractivity contribution is 0.239. The molecule has 0 saturated carbocycles. The van der Waals surface area contributed by atoms with Gasteiger partial charge in [0.15, 0.2) is 0 Å². The van der Waals surface area contributed by atoms with Crippen LogP contribution in [0.5, 0.6) is 0 Å². The second-order valence-corrected chi connectivity index (χ2v) is 3.78. The van der Waals surface area contributed by atoms with Crippen LogP contribution in [0.15, 0.2) is 18.2 Å². The summed E-state index contributed by atoms with van der Waals surface area (Å²) in [4.78, 5) is 0. The summed E-state index contributed by atoms with van der Waals surface area (Å²) in [5.41, 5.74) is 4.11. The van der Waals surface area contributed by atoms with Gasteiger partial charge in [0.2, 0.25) is 0 Å². The second kappa shape index (κ2) is 4.11. The number of nitrogens with one attached hydrogen (secondary N) is 1. The second-order valence-electron chi connectivity index (χ2n) is 3.78. The highest BCUT2D eigenvalue weighted by Gasteiger charge is 2.20. The fourth-order valence-corrected chi connectivity index (χ4v) is 2.28. The molecular formula is C12H17NO. The summed E-state index contributed by atoms with van der Waals surface area (Å²) in [7, 11) is 0. The molecule has 0 aliphatic carbocycles. The number of aliphatic hydroxyl groups excluding tert-OH is 1. The maximum atomic E-state index is 9.30. The molecule has 0 fully saturated rings. The molecule has 0 saturated heterocycles. The molecule has 0 aromatic heterocycles. The standard InChI is InChI=1S/C12H17NO/c1-2-9-4-3-5-10-6-7-13-11(8-14)12(9)10/h3-5,11,13-14H,2,6-8H2,1H3/t11-/m0/s1. The fraction of sp³-hybridized carbons (Fsp3) is 0.500. The molecule has 1 aromatic rings. The van der Waals surface area contributed by atoms with Gasteiger partial charge in [-0.1, -0.05) is 25.1 Å². The van der Waals surface area contributed by atoms with E-state index in [1.807, 2.05) is 0 Å². The minimum atomic E-state index is 0.148. The fourth-order valence-electron chi connectivity index (χ4n) is 2.28. The maximum absolute atomic E-state index is 9.30. The molecule has 0 unspecified atom stereocenters. The summed E-state index contributed by atoms with van der Waals surface area (Å²) in [6, 6.07) is 6.61. The Hall–Kier alpha value is -0.860. The van der Waals surface area contributed by atoms with Crippen molar-refractivity contribution in [2.45, 2.75) is 25.8 Å². The molecule has 0 spiro atoms. The van der Waals surface area contributed by atoms with E-state index in [0.717, 1.165) is 19.4 Å². The Kier molecular flexibility index (Phi) is 2.85. The van der Waals surface area contributed by atoms with Crippen molar-refractivity contribution in [3.8, 4) is 0 Å². The first-order chi connectivity index (χ1) is 6.86. The SMILES string of the molecule is CCc1cccc2c1[C@H](CO)NCC2. The number of fused-ring (bicyclic) bond motifs is 1. The zero-order chi connectivity index (χ0) is 9.97. The van der Waals surface area contributed by atoms with E-state index in [-0.39, 0.29) is 12.6 Å². The molecule has 2 N–H and O–H groups in total. The van der Waals surface area contributed by atoms with E-state index >= 15 is 0 Å². The molecule has 14 heavy (non-hydrogen) atoms. The lowest BCUT2D eigenvalue weighted by atomic mass is 9.89. The van der Waals surface area contributed by atoms with E-state index in [4.69, 9.17) is 0 Å². The highest BCUT2D eigenvalue weighted by molar-refractivity contribution is 5.39. The average Bonchev–Trinajstić information content (AvgIpc) is 2.27. The van der Waals surface area contributed by atoms with Crippen LogP contribution in [-0.2, 0) is 12.8 Å². The first-order valence-corrected chi connectivity index (χ1v) is 5.31. The van der Waals surface area contributed by atoms with Gasteiger partial charge in [-0.15, -0.1) is 0 Å². The first-order valence-electron chi connectivity index (χ1n) is 5.31. The molecular weight excluding hydrogens is 174 g/mol. The van der Waals surface area contributed by atoms with Crippen LogP contribution in [0.2, 0.25) is 0 Å². The summed E-state index contributed by atoms with van der Waals surface area (Å²) in [5.74, 6) is 0. The Bertz CT molecular complexity index is 308. The number of benzene rings is 1. The predicted octanol–water partition coefficient (Wildman–Crippen LogP) is 1.43. The van der Waals surface area contributed by atoms with Gasteiger partial charge in [0.25, 0.3) is 0 Å². The smallest absolute Gasteiger partial charge is 0.0626 e. The quantitative estimate of drug-likeness (QED) is 0.741. The van der Waals surface area contributed by atoms with Gasteiger partial charge < -0.3 is 10.4 Å². The average molecular weight is 191 g/mol. The van der Waals surface area contributed by atoms with Crippen LogP contribution in [0.3, 0.4) is 0 Å². The molecule has 1 aliphatic heterocycles. The Morgan fingerprint density at radius 1 is 1.50 bits per heavy atom. The lowest BCUT2D eigenvalue weighted by Crippen LogP contribution is -2.33. The van der Waals surface area contributed by atoms with Crippen molar-refractivity contribution in [2.24, 2.45) is 0 Å². The number of aliphatic hydroxyl groups is 1. The van der Waals surface area contributed by atoms with Gasteiger partial charge >= 0.3 is 0 Å². The van der Waals surface area contributed by atoms with Crippen molar-refractivity contribution >= 4 is 0 Å². The van der Waals surface area contributed by atoms with Crippen molar-refractivity contribution in [1.82, 2.24) is 5.32 Å². The van der Waals surface area contributed by atoms with Crippen LogP contribution >= 0.6 is 0 Å². The number of aryl methyl sites for hydroxylation is 1. The number of hydrogen-bond donors (Lipinski definition) is 2. The molecule has 1 aliphatic rings. The molecule has 2 nitrogen and oxygen atoms in total. The third kappa shape index (κ3) is 1.56. The van der Waals surface area contributed by atoms with Crippen LogP contribution < -0.4 is 5.32 Å². The summed E-state index contributed by atoms with van der Waals surface area (Å²) >= 11 is 0. The number of hydrogen-bond acceptors (Lipinski definition) is 2. The Morgan fingerprint density at radius 3 is 3.07 bits per heavy atom.